The Morgan fingerprint density at radius 2 is 1.69 bits per heavy atom. The minimum atomic E-state index is -0.0602. The van der Waals surface area contributed by atoms with Gasteiger partial charge in [0.2, 0.25) is 0 Å². The number of nitrogens with zero attached hydrogens (tertiary/aromatic N) is 1. The van der Waals surface area contributed by atoms with Crippen LogP contribution in [0.2, 0.25) is 0 Å². The molecule has 2 aromatic carbocycles. The van der Waals surface area contributed by atoms with Crippen LogP contribution in [0.25, 0.3) is 0 Å². The van der Waals surface area contributed by atoms with Crippen molar-refractivity contribution in [3.63, 3.8) is 0 Å². The van der Waals surface area contributed by atoms with Crippen molar-refractivity contribution in [1.29, 1.82) is 0 Å². The second-order valence-electron chi connectivity index (χ2n) is 6.66. The molecule has 7 heteroatoms. The summed E-state index contributed by atoms with van der Waals surface area (Å²) in [5.41, 5.74) is 2.34. The molecule has 0 spiro atoms. The van der Waals surface area contributed by atoms with E-state index in [9.17, 15) is 0 Å². The molecule has 0 saturated carbocycles. The van der Waals surface area contributed by atoms with E-state index in [2.05, 4.69) is 16.3 Å². The van der Waals surface area contributed by atoms with Gasteiger partial charge in [-0.15, -0.1) is 0 Å². The zero-order chi connectivity index (χ0) is 20.8. The highest BCUT2D eigenvalue weighted by Crippen LogP contribution is 2.39. The Bertz CT molecular complexity index is 859. The molecule has 1 heterocycles. The molecule has 29 heavy (non-hydrogen) atoms. The van der Waals surface area contributed by atoms with Crippen molar-refractivity contribution in [3.05, 3.63) is 47.5 Å². The van der Waals surface area contributed by atoms with Crippen LogP contribution in [0.4, 0.5) is 0 Å². The fourth-order valence-electron chi connectivity index (χ4n) is 3.61. The van der Waals surface area contributed by atoms with Crippen LogP contribution in [-0.4, -0.2) is 51.0 Å². The average Bonchev–Trinajstić information content (AvgIpc) is 2.76. The van der Waals surface area contributed by atoms with Gasteiger partial charge in [0, 0.05) is 13.1 Å². The highest BCUT2D eigenvalue weighted by atomic mass is 32.1. The number of hydrogen-bond acceptors (Lipinski definition) is 5. The first-order valence-electron chi connectivity index (χ1n) is 9.68. The van der Waals surface area contributed by atoms with Crippen molar-refractivity contribution in [1.82, 2.24) is 10.2 Å². The van der Waals surface area contributed by atoms with Gasteiger partial charge in [-0.1, -0.05) is 12.1 Å². The quantitative estimate of drug-likeness (QED) is 0.693. The highest BCUT2D eigenvalue weighted by molar-refractivity contribution is 7.80. The molecular formula is C22H28N2O4S. The first kappa shape index (κ1) is 21.0. The van der Waals surface area contributed by atoms with E-state index in [-0.39, 0.29) is 6.04 Å². The SMILES string of the molecule is CCNC(=S)N1CCc2cc(OC)c(OC)cc2[C@H]1COc1ccccc1OC. The molecule has 1 N–H and O–H groups in total. The molecule has 0 amide bonds. The van der Waals surface area contributed by atoms with E-state index in [0.29, 0.717) is 23.9 Å². The van der Waals surface area contributed by atoms with Crippen LogP contribution in [0.3, 0.4) is 0 Å². The number of rotatable bonds is 7. The standard InChI is InChI=1S/C22H28N2O4S/c1-5-23-22(29)24-11-10-15-12-20(26-3)21(27-4)13-16(15)17(24)14-28-19-9-7-6-8-18(19)25-2/h6-9,12-13,17H,5,10-11,14H2,1-4H3,(H,23,29)/t17-/m1/s1. The van der Waals surface area contributed by atoms with Crippen LogP contribution in [0.15, 0.2) is 36.4 Å². The minimum Gasteiger partial charge on any atom is -0.493 e. The van der Waals surface area contributed by atoms with E-state index in [0.717, 1.165) is 35.9 Å². The number of fused-ring (bicyclic) bond motifs is 1. The first-order chi connectivity index (χ1) is 14.1. The van der Waals surface area contributed by atoms with Crippen molar-refractivity contribution in [2.24, 2.45) is 0 Å². The molecule has 2 aromatic rings. The molecule has 0 radical (unpaired) electrons. The van der Waals surface area contributed by atoms with Gasteiger partial charge in [0.15, 0.2) is 28.1 Å². The lowest BCUT2D eigenvalue weighted by atomic mass is 9.92. The van der Waals surface area contributed by atoms with E-state index in [1.54, 1.807) is 21.3 Å². The molecule has 0 aliphatic carbocycles. The molecule has 3 rings (SSSR count). The maximum atomic E-state index is 6.19. The highest BCUT2D eigenvalue weighted by Gasteiger charge is 2.31. The monoisotopic (exact) mass is 416 g/mol. The molecule has 1 aliphatic heterocycles. The summed E-state index contributed by atoms with van der Waals surface area (Å²) in [6.07, 6.45) is 0.867. The van der Waals surface area contributed by atoms with Gasteiger partial charge in [-0.2, -0.15) is 0 Å². The summed E-state index contributed by atoms with van der Waals surface area (Å²) in [6, 6.07) is 11.7. The van der Waals surface area contributed by atoms with Gasteiger partial charge in [-0.05, 0) is 61.0 Å². The number of benzene rings is 2. The zero-order valence-corrected chi connectivity index (χ0v) is 18.2. The van der Waals surface area contributed by atoms with Crippen LogP contribution in [-0.2, 0) is 6.42 Å². The Hall–Kier alpha value is -2.67. The second-order valence-corrected chi connectivity index (χ2v) is 7.05. The van der Waals surface area contributed by atoms with Gasteiger partial charge >= 0.3 is 0 Å². The van der Waals surface area contributed by atoms with Gasteiger partial charge in [-0.25, -0.2) is 0 Å². The summed E-state index contributed by atoms with van der Waals surface area (Å²) in [5.74, 6) is 2.84. The molecule has 0 bridgehead atoms. The summed E-state index contributed by atoms with van der Waals surface area (Å²) in [4.78, 5) is 2.18. The summed E-state index contributed by atoms with van der Waals surface area (Å²) < 4.78 is 22.6. The summed E-state index contributed by atoms with van der Waals surface area (Å²) in [7, 11) is 4.94. The molecule has 1 aliphatic rings. The fourth-order valence-corrected chi connectivity index (χ4v) is 3.97. The van der Waals surface area contributed by atoms with Crippen LogP contribution in [0.5, 0.6) is 23.0 Å². The number of para-hydroxylation sites is 2. The lowest BCUT2D eigenvalue weighted by Gasteiger charge is -2.39. The Balaban J connectivity index is 1.95. The zero-order valence-electron chi connectivity index (χ0n) is 17.4. The normalized spacial score (nSPS) is 15.3. The van der Waals surface area contributed by atoms with Gasteiger partial charge in [0.25, 0.3) is 0 Å². The second kappa shape index (κ2) is 9.69. The number of thiocarbonyl (C=S) groups is 1. The Morgan fingerprint density at radius 3 is 2.34 bits per heavy atom. The van der Waals surface area contributed by atoms with E-state index < -0.39 is 0 Å². The molecule has 156 valence electrons. The summed E-state index contributed by atoms with van der Waals surface area (Å²) >= 11 is 5.65. The van der Waals surface area contributed by atoms with Gasteiger partial charge < -0.3 is 29.2 Å². The van der Waals surface area contributed by atoms with Crippen molar-refractivity contribution >= 4 is 17.3 Å². The fraction of sp³-hybridized carbons (Fsp3) is 0.409. The number of nitrogens with one attached hydrogen (secondary N) is 1. The lowest BCUT2D eigenvalue weighted by Crippen LogP contribution is -2.47. The number of methoxy groups -OCH3 is 3. The Labute approximate surface area is 177 Å². The van der Waals surface area contributed by atoms with Crippen LogP contribution < -0.4 is 24.3 Å². The van der Waals surface area contributed by atoms with Crippen molar-refractivity contribution < 1.29 is 18.9 Å². The third-order valence-corrected chi connectivity index (χ3v) is 5.44. The molecule has 0 unspecified atom stereocenters. The number of hydrogen-bond donors (Lipinski definition) is 1. The molecule has 6 nitrogen and oxygen atoms in total. The van der Waals surface area contributed by atoms with E-state index in [1.165, 1.54) is 5.56 Å². The van der Waals surface area contributed by atoms with Crippen molar-refractivity contribution in [2.75, 3.05) is 41.0 Å². The molecule has 0 saturated heterocycles. The third-order valence-electron chi connectivity index (χ3n) is 5.06. The van der Waals surface area contributed by atoms with E-state index in [1.807, 2.05) is 37.3 Å². The average molecular weight is 417 g/mol. The maximum absolute atomic E-state index is 6.19. The number of ether oxygens (including phenoxy) is 4. The predicted molar refractivity (Wildman–Crippen MR) is 117 cm³/mol. The summed E-state index contributed by atoms with van der Waals surface area (Å²) in [5, 5.41) is 3.99. The van der Waals surface area contributed by atoms with Crippen LogP contribution in [0.1, 0.15) is 24.1 Å². The lowest BCUT2D eigenvalue weighted by molar-refractivity contribution is 0.183. The molecule has 1 atom stereocenters. The Kier molecular flexibility index (Phi) is 7.04. The molecular weight excluding hydrogens is 388 g/mol. The first-order valence-corrected chi connectivity index (χ1v) is 10.1. The Morgan fingerprint density at radius 1 is 1.03 bits per heavy atom. The largest absolute Gasteiger partial charge is 0.493 e. The minimum absolute atomic E-state index is 0.0602. The van der Waals surface area contributed by atoms with Gasteiger partial charge in [0.05, 0.1) is 27.4 Å². The summed E-state index contributed by atoms with van der Waals surface area (Å²) in [6.45, 7) is 4.04. The molecule has 0 aromatic heterocycles. The van der Waals surface area contributed by atoms with Crippen molar-refractivity contribution in [2.45, 2.75) is 19.4 Å². The topological polar surface area (TPSA) is 52.2 Å². The van der Waals surface area contributed by atoms with Crippen molar-refractivity contribution in [3.8, 4) is 23.0 Å². The maximum Gasteiger partial charge on any atom is 0.169 e. The van der Waals surface area contributed by atoms with E-state index >= 15 is 0 Å². The predicted octanol–water partition coefficient (Wildman–Crippen LogP) is 3.59. The van der Waals surface area contributed by atoms with E-state index in [4.69, 9.17) is 31.2 Å². The third kappa shape index (κ3) is 4.50. The van der Waals surface area contributed by atoms with Crippen LogP contribution >= 0.6 is 12.2 Å². The smallest absolute Gasteiger partial charge is 0.169 e. The van der Waals surface area contributed by atoms with Gasteiger partial charge in [-0.3, -0.25) is 0 Å². The van der Waals surface area contributed by atoms with Crippen LogP contribution in [0, 0.1) is 0 Å². The molecule has 0 fully saturated rings. The van der Waals surface area contributed by atoms with Gasteiger partial charge in [0.1, 0.15) is 6.61 Å².